The molecule has 0 saturated carbocycles. The number of carbonyl (C=O) groups is 2. The zero-order chi connectivity index (χ0) is 33.7. The molecule has 2 atom stereocenters. The lowest BCUT2D eigenvalue weighted by Gasteiger charge is -2.38. The van der Waals surface area contributed by atoms with Crippen LogP contribution in [0, 0.1) is 0 Å². The van der Waals surface area contributed by atoms with Crippen LogP contribution < -0.4 is 14.2 Å². The van der Waals surface area contributed by atoms with E-state index < -0.39 is 11.9 Å². The largest absolute Gasteiger partial charge is 0.497 e. The molecular weight excluding hydrogens is 612 g/mol. The van der Waals surface area contributed by atoms with Gasteiger partial charge < -0.3 is 28.4 Å². The van der Waals surface area contributed by atoms with E-state index in [2.05, 4.69) is 46.2 Å². The fourth-order valence-electron chi connectivity index (χ4n) is 6.29. The number of hydrogen-bond donors (Lipinski definition) is 0. The van der Waals surface area contributed by atoms with Crippen molar-refractivity contribution in [2.24, 2.45) is 0 Å². The highest BCUT2D eigenvalue weighted by atomic mass is 16.6. The predicted octanol–water partition coefficient (Wildman–Crippen LogP) is 4.79. The Balaban J connectivity index is 1.08. The molecule has 2 unspecified atom stereocenters. The molecule has 3 aromatic carbocycles. The van der Waals surface area contributed by atoms with E-state index in [1.165, 1.54) is 22.3 Å². The maximum absolute atomic E-state index is 12.4. The van der Waals surface area contributed by atoms with E-state index in [4.69, 9.17) is 28.4 Å². The van der Waals surface area contributed by atoms with E-state index in [9.17, 15) is 9.59 Å². The minimum Gasteiger partial charge on any atom is -0.497 e. The zero-order valence-electron chi connectivity index (χ0n) is 28.1. The summed E-state index contributed by atoms with van der Waals surface area (Å²) in [5.74, 6) is 1.07. The summed E-state index contributed by atoms with van der Waals surface area (Å²) in [6, 6.07) is 22.6. The Labute approximate surface area is 283 Å². The molecule has 0 aromatic heterocycles. The normalized spacial score (nSPS) is 18.2. The average molecular weight is 659 g/mol. The molecule has 0 radical (unpaired) electrons. The van der Waals surface area contributed by atoms with Crippen LogP contribution in [0.1, 0.15) is 34.7 Å². The number of hydrogen-bond acceptors (Lipinski definition) is 10. The smallest absolute Gasteiger partial charge is 0.331 e. The van der Waals surface area contributed by atoms with Gasteiger partial charge in [0.1, 0.15) is 18.5 Å². The molecule has 2 heterocycles. The van der Waals surface area contributed by atoms with Gasteiger partial charge in [-0.3, -0.25) is 9.80 Å². The van der Waals surface area contributed by atoms with Gasteiger partial charge in [-0.25, -0.2) is 9.59 Å². The summed E-state index contributed by atoms with van der Waals surface area (Å²) in [6.45, 7) is 4.83. The number of esters is 2. The van der Waals surface area contributed by atoms with E-state index in [-0.39, 0.29) is 25.4 Å². The Morgan fingerprint density at radius 1 is 0.854 bits per heavy atom. The number of rotatable bonds is 15. The lowest BCUT2D eigenvalue weighted by molar-refractivity contribution is -0.145. The van der Waals surface area contributed by atoms with E-state index in [1.54, 1.807) is 21.3 Å². The molecule has 0 bridgehead atoms. The fourth-order valence-corrected chi connectivity index (χ4v) is 6.29. The van der Waals surface area contributed by atoms with Crippen molar-refractivity contribution in [3.05, 3.63) is 101 Å². The summed E-state index contributed by atoms with van der Waals surface area (Å²) in [7, 11) is 4.97. The molecule has 2 aliphatic rings. The van der Waals surface area contributed by atoms with Gasteiger partial charge in [0, 0.05) is 50.9 Å². The van der Waals surface area contributed by atoms with E-state index in [0.717, 1.165) is 62.7 Å². The molecule has 48 heavy (non-hydrogen) atoms. The van der Waals surface area contributed by atoms with Crippen LogP contribution in [0.2, 0.25) is 0 Å². The molecule has 0 N–H and O–H groups in total. The highest BCUT2D eigenvalue weighted by Gasteiger charge is 2.29. The maximum atomic E-state index is 12.4. The van der Waals surface area contributed by atoms with Crippen LogP contribution in [0.4, 0.5) is 0 Å². The SMILES string of the molecule is COc1ccc(CC2c3cc(OC)c(OC)cc3CCN2CCCOC(=O)/C=C\C(=O)OCC2CN(Cc3ccccc3)CCO2)cc1. The average Bonchev–Trinajstić information content (AvgIpc) is 3.12. The van der Waals surface area contributed by atoms with Gasteiger partial charge in [0.15, 0.2) is 11.5 Å². The Morgan fingerprint density at radius 3 is 2.31 bits per heavy atom. The number of carbonyl (C=O) groups excluding carboxylic acids is 2. The minimum atomic E-state index is -0.601. The molecule has 256 valence electrons. The molecule has 0 spiro atoms. The van der Waals surface area contributed by atoms with Crippen molar-refractivity contribution in [1.29, 1.82) is 0 Å². The van der Waals surface area contributed by atoms with Crippen LogP contribution >= 0.6 is 0 Å². The number of morpholine rings is 1. The number of benzene rings is 3. The lowest BCUT2D eigenvalue weighted by atomic mass is 9.88. The molecule has 2 aliphatic heterocycles. The second-order valence-corrected chi connectivity index (χ2v) is 12.0. The first-order valence-electron chi connectivity index (χ1n) is 16.5. The van der Waals surface area contributed by atoms with Gasteiger partial charge in [-0.2, -0.15) is 0 Å². The van der Waals surface area contributed by atoms with Gasteiger partial charge in [-0.1, -0.05) is 42.5 Å². The second kappa shape index (κ2) is 17.7. The maximum Gasteiger partial charge on any atom is 0.331 e. The number of fused-ring (bicyclic) bond motifs is 1. The molecular formula is C38H46N2O8. The fraction of sp³-hybridized carbons (Fsp3) is 0.421. The summed E-state index contributed by atoms with van der Waals surface area (Å²) >= 11 is 0. The third-order valence-electron chi connectivity index (χ3n) is 8.77. The quantitative estimate of drug-likeness (QED) is 0.129. The van der Waals surface area contributed by atoms with Crippen molar-refractivity contribution < 1.29 is 38.0 Å². The van der Waals surface area contributed by atoms with Crippen molar-refractivity contribution in [2.75, 3.05) is 67.3 Å². The lowest BCUT2D eigenvalue weighted by Crippen LogP contribution is -2.44. The van der Waals surface area contributed by atoms with Gasteiger partial charge in [-0.15, -0.1) is 0 Å². The molecule has 1 fully saturated rings. The van der Waals surface area contributed by atoms with Gasteiger partial charge in [-0.05, 0) is 65.8 Å². The molecule has 0 amide bonds. The number of ether oxygens (including phenoxy) is 6. The number of nitrogens with zero attached hydrogens (tertiary/aromatic N) is 2. The first-order chi connectivity index (χ1) is 23.4. The Hall–Kier alpha value is -4.38. The molecule has 10 heteroatoms. The van der Waals surface area contributed by atoms with Crippen molar-refractivity contribution in [3.8, 4) is 17.2 Å². The monoisotopic (exact) mass is 658 g/mol. The molecule has 3 aromatic rings. The van der Waals surface area contributed by atoms with Gasteiger partial charge >= 0.3 is 11.9 Å². The third-order valence-corrected chi connectivity index (χ3v) is 8.77. The van der Waals surface area contributed by atoms with Gasteiger partial charge in [0.05, 0.1) is 34.5 Å². The standard InChI is InChI=1S/C38H46N2O8/c1-43-31-12-10-28(11-13-31)22-34-33-24-36(45-3)35(44-2)23-30(33)16-18-40(34)17-7-20-47-37(41)14-15-38(42)48-27-32-26-39(19-21-46-32)25-29-8-5-4-6-9-29/h4-6,8-15,23-24,32,34H,7,16-22,25-27H2,1-3H3/b15-14-. The van der Waals surface area contributed by atoms with Gasteiger partial charge in [0.2, 0.25) is 0 Å². The summed E-state index contributed by atoms with van der Waals surface area (Å²) in [4.78, 5) is 29.4. The Kier molecular flexibility index (Phi) is 12.9. The van der Waals surface area contributed by atoms with Crippen LogP contribution in [-0.4, -0.2) is 95.2 Å². The van der Waals surface area contributed by atoms with Crippen molar-refractivity contribution >= 4 is 11.9 Å². The van der Waals surface area contributed by atoms with E-state index in [0.29, 0.717) is 25.3 Å². The highest BCUT2D eigenvalue weighted by Crippen LogP contribution is 2.39. The van der Waals surface area contributed by atoms with Crippen LogP contribution in [0.5, 0.6) is 17.2 Å². The second-order valence-electron chi connectivity index (χ2n) is 12.0. The van der Waals surface area contributed by atoms with Crippen molar-refractivity contribution in [1.82, 2.24) is 9.80 Å². The number of methoxy groups -OCH3 is 3. The first-order valence-corrected chi connectivity index (χ1v) is 16.5. The van der Waals surface area contributed by atoms with Crippen LogP contribution in [-0.2, 0) is 43.2 Å². The Morgan fingerprint density at radius 2 is 1.58 bits per heavy atom. The Bertz CT molecular complexity index is 1510. The van der Waals surface area contributed by atoms with E-state index in [1.807, 2.05) is 30.3 Å². The van der Waals surface area contributed by atoms with Crippen LogP contribution in [0.3, 0.4) is 0 Å². The molecule has 0 aliphatic carbocycles. The molecule has 5 rings (SSSR count). The summed E-state index contributed by atoms with van der Waals surface area (Å²) in [5.41, 5.74) is 4.87. The highest BCUT2D eigenvalue weighted by molar-refractivity contribution is 5.91. The van der Waals surface area contributed by atoms with E-state index >= 15 is 0 Å². The van der Waals surface area contributed by atoms with Crippen LogP contribution in [0.15, 0.2) is 78.9 Å². The molecule has 1 saturated heterocycles. The van der Waals surface area contributed by atoms with Crippen LogP contribution in [0.25, 0.3) is 0 Å². The summed E-state index contributed by atoms with van der Waals surface area (Å²) < 4.78 is 33.1. The minimum absolute atomic E-state index is 0.103. The predicted molar refractivity (Wildman–Crippen MR) is 181 cm³/mol. The van der Waals surface area contributed by atoms with Crippen molar-refractivity contribution in [3.63, 3.8) is 0 Å². The first kappa shape index (κ1) is 34.9. The van der Waals surface area contributed by atoms with Gasteiger partial charge in [0.25, 0.3) is 0 Å². The topological polar surface area (TPSA) is 96.0 Å². The zero-order valence-corrected chi connectivity index (χ0v) is 28.1. The molecule has 10 nitrogen and oxygen atoms in total. The van der Waals surface area contributed by atoms with Crippen molar-refractivity contribution in [2.45, 2.75) is 38.0 Å². The third kappa shape index (κ3) is 9.82. The summed E-state index contributed by atoms with van der Waals surface area (Å²) in [6.07, 6.45) is 4.33. The summed E-state index contributed by atoms with van der Waals surface area (Å²) in [5, 5.41) is 0.